The minimum Gasteiger partial charge on any atom is -0.388 e. The molecule has 1 fully saturated rings. The van der Waals surface area contributed by atoms with Gasteiger partial charge >= 0.3 is 0 Å². The van der Waals surface area contributed by atoms with Gasteiger partial charge in [-0.2, -0.15) is 0 Å². The van der Waals surface area contributed by atoms with Gasteiger partial charge in [0.05, 0.1) is 12.1 Å². The van der Waals surface area contributed by atoms with E-state index in [-0.39, 0.29) is 12.3 Å². The van der Waals surface area contributed by atoms with Crippen LogP contribution in [0.3, 0.4) is 0 Å². The summed E-state index contributed by atoms with van der Waals surface area (Å²) in [5.41, 5.74) is 0. The van der Waals surface area contributed by atoms with E-state index in [1.807, 2.05) is 0 Å². The molecular formula is C8H15NO4. The first-order valence-electron chi connectivity index (χ1n) is 4.29. The third-order valence-corrected chi connectivity index (χ3v) is 2.11. The third-order valence-electron chi connectivity index (χ3n) is 2.11. The van der Waals surface area contributed by atoms with E-state index in [4.69, 9.17) is 4.74 Å². The Bertz CT molecular complexity index is 197. The zero-order valence-electron chi connectivity index (χ0n) is 7.73. The van der Waals surface area contributed by atoms with Gasteiger partial charge in [-0.15, -0.1) is 0 Å². The molecule has 3 N–H and O–H groups in total. The van der Waals surface area contributed by atoms with Crippen molar-refractivity contribution in [3.05, 3.63) is 0 Å². The highest BCUT2D eigenvalue weighted by atomic mass is 16.6. The molecule has 1 aliphatic heterocycles. The highest BCUT2D eigenvalue weighted by Gasteiger charge is 2.34. The molecule has 0 aliphatic carbocycles. The first-order chi connectivity index (χ1) is 6.00. The molecule has 13 heavy (non-hydrogen) atoms. The number of hydrogen-bond donors (Lipinski definition) is 3. The SMILES string of the molecule is CC(=O)N[C@@H]1CC(O)O[C@H](C)[C@@H]1O. The number of amides is 1. The standard InChI is InChI=1S/C8H15NO4/c1-4-8(12)6(9-5(2)10)3-7(11)13-4/h4,6-8,11-12H,3H2,1-2H3,(H,9,10)/t4-,6-,7?,8+/m1/s1. The fourth-order valence-electron chi connectivity index (χ4n) is 1.47. The molecule has 0 aromatic rings. The Balaban J connectivity index is 2.55. The molecule has 5 heteroatoms. The van der Waals surface area contributed by atoms with E-state index in [0.29, 0.717) is 0 Å². The number of ether oxygens (including phenoxy) is 1. The zero-order chi connectivity index (χ0) is 10.0. The van der Waals surface area contributed by atoms with Gasteiger partial charge in [-0.25, -0.2) is 0 Å². The van der Waals surface area contributed by atoms with Crippen LogP contribution in [0.2, 0.25) is 0 Å². The van der Waals surface area contributed by atoms with Crippen LogP contribution in [0.4, 0.5) is 0 Å². The predicted molar refractivity (Wildman–Crippen MR) is 44.8 cm³/mol. The number of carbonyl (C=O) groups excluding carboxylic acids is 1. The summed E-state index contributed by atoms with van der Waals surface area (Å²) < 4.78 is 4.96. The summed E-state index contributed by atoms with van der Waals surface area (Å²) in [6, 6.07) is -0.420. The van der Waals surface area contributed by atoms with Gasteiger partial charge in [-0.1, -0.05) is 0 Å². The molecule has 0 radical (unpaired) electrons. The van der Waals surface area contributed by atoms with E-state index in [1.54, 1.807) is 6.92 Å². The van der Waals surface area contributed by atoms with Crippen molar-refractivity contribution < 1.29 is 19.7 Å². The van der Waals surface area contributed by atoms with Crippen LogP contribution in [0.5, 0.6) is 0 Å². The summed E-state index contributed by atoms with van der Waals surface area (Å²) >= 11 is 0. The van der Waals surface area contributed by atoms with Crippen LogP contribution >= 0.6 is 0 Å². The Kier molecular flexibility index (Phi) is 3.24. The average Bonchev–Trinajstić information content (AvgIpc) is 1.98. The molecule has 0 saturated carbocycles. The normalized spacial score (nSPS) is 40.0. The quantitative estimate of drug-likeness (QED) is 0.493. The highest BCUT2D eigenvalue weighted by Crippen LogP contribution is 2.18. The van der Waals surface area contributed by atoms with Crippen molar-refractivity contribution in [1.29, 1.82) is 0 Å². The maximum absolute atomic E-state index is 10.7. The second-order valence-electron chi connectivity index (χ2n) is 3.33. The molecule has 0 aromatic carbocycles. The van der Waals surface area contributed by atoms with Gasteiger partial charge in [0, 0.05) is 13.3 Å². The molecule has 0 spiro atoms. The first-order valence-corrected chi connectivity index (χ1v) is 4.29. The van der Waals surface area contributed by atoms with E-state index < -0.39 is 24.5 Å². The number of aliphatic hydroxyl groups is 2. The molecule has 1 heterocycles. The van der Waals surface area contributed by atoms with E-state index in [0.717, 1.165) is 0 Å². The third kappa shape index (κ3) is 2.65. The molecule has 76 valence electrons. The lowest BCUT2D eigenvalue weighted by atomic mass is 10.00. The van der Waals surface area contributed by atoms with Gasteiger partial charge in [0.2, 0.25) is 5.91 Å². The van der Waals surface area contributed by atoms with Crippen LogP contribution < -0.4 is 5.32 Å². The maximum Gasteiger partial charge on any atom is 0.217 e. The van der Waals surface area contributed by atoms with Crippen molar-refractivity contribution in [2.45, 2.75) is 44.8 Å². The summed E-state index contributed by atoms with van der Waals surface area (Å²) in [5.74, 6) is -0.217. The van der Waals surface area contributed by atoms with Crippen molar-refractivity contribution in [3.8, 4) is 0 Å². The number of aliphatic hydroxyl groups excluding tert-OH is 2. The largest absolute Gasteiger partial charge is 0.388 e. The van der Waals surface area contributed by atoms with Crippen LogP contribution in [0.1, 0.15) is 20.3 Å². The van der Waals surface area contributed by atoms with Gasteiger partial charge in [0.1, 0.15) is 6.10 Å². The number of carbonyl (C=O) groups is 1. The minimum absolute atomic E-state index is 0.217. The van der Waals surface area contributed by atoms with Crippen LogP contribution in [-0.2, 0) is 9.53 Å². The summed E-state index contributed by atoms with van der Waals surface area (Å²) in [6.45, 7) is 3.03. The van der Waals surface area contributed by atoms with Crippen LogP contribution in [0, 0.1) is 0 Å². The molecule has 1 rings (SSSR count). The Hall–Kier alpha value is -0.650. The Labute approximate surface area is 76.7 Å². The fourth-order valence-corrected chi connectivity index (χ4v) is 1.47. The molecule has 0 bridgehead atoms. The molecule has 0 aromatic heterocycles. The van der Waals surface area contributed by atoms with Gasteiger partial charge in [-0.3, -0.25) is 4.79 Å². The van der Waals surface area contributed by atoms with Gasteiger partial charge in [-0.05, 0) is 6.92 Å². The summed E-state index contributed by atoms with van der Waals surface area (Å²) in [4.78, 5) is 10.7. The number of rotatable bonds is 1. The molecule has 4 atom stereocenters. The van der Waals surface area contributed by atoms with Crippen LogP contribution in [0.25, 0.3) is 0 Å². The monoisotopic (exact) mass is 189 g/mol. The highest BCUT2D eigenvalue weighted by molar-refractivity contribution is 5.73. The van der Waals surface area contributed by atoms with Crippen LogP contribution in [-0.4, -0.2) is 40.7 Å². The number of hydrogen-bond acceptors (Lipinski definition) is 4. The lowest BCUT2D eigenvalue weighted by molar-refractivity contribution is -0.202. The van der Waals surface area contributed by atoms with E-state index in [1.165, 1.54) is 6.92 Å². The fraction of sp³-hybridized carbons (Fsp3) is 0.875. The van der Waals surface area contributed by atoms with Gasteiger partial charge < -0.3 is 20.3 Å². The Morgan fingerprint density at radius 3 is 2.69 bits per heavy atom. The topological polar surface area (TPSA) is 78.8 Å². The van der Waals surface area contributed by atoms with Crippen molar-refractivity contribution in [2.75, 3.05) is 0 Å². The van der Waals surface area contributed by atoms with Crippen molar-refractivity contribution in [3.63, 3.8) is 0 Å². The molecule has 1 aliphatic rings. The zero-order valence-corrected chi connectivity index (χ0v) is 7.73. The summed E-state index contributed by atoms with van der Waals surface area (Å²) in [6.07, 6.45) is -1.89. The first kappa shape index (κ1) is 10.4. The predicted octanol–water partition coefficient (Wildman–Crippen LogP) is -1.02. The molecule has 1 saturated heterocycles. The van der Waals surface area contributed by atoms with E-state index in [9.17, 15) is 15.0 Å². The molecule has 1 unspecified atom stereocenters. The summed E-state index contributed by atoms with van der Waals surface area (Å²) in [7, 11) is 0. The van der Waals surface area contributed by atoms with E-state index in [2.05, 4.69) is 5.32 Å². The van der Waals surface area contributed by atoms with Crippen LogP contribution in [0.15, 0.2) is 0 Å². The second kappa shape index (κ2) is 4.04. The number of nitrogens with one attached hydrogen (secondary N) is 1. The average molecular weight is 189 g/mol. The van der Waals surface area contributed by atoms with Crippen molar-refractivity contribution >= 4 is 5.91 Å². The molecule has 1 amide bonds. The smallest absolute Gasteiger partial charge is 0.217 e. The minimum atomic E-state index is -0.907. The Morgan fingerprint density at radius 2 is 2.15 bits per heavy atom. The Morgan fingerprint density at radius 1 is 1.54 bits per heavy atom. The van der Waals surface area contributed by atoms with Gasteiger partial charge in [0.15, 0.2) is 6.29 Å². The molecular weight excluding hydrogens is 174 g/mol. The van der Waals surface area contributed by atoms with Gasteiger partial charge in [0.25, 0.3) is 0 Å². The lowest BCUT2D eigenvalue weighted by Crippen LogP contribution is -2.54. The van der Waals surface area contributed by atoms with E-state index >= 15 is 0 Å². The van der Waals surface area contributed by atoms with Crippen molar-refractivity contribution in [1.82, 2.24) is 5.32 Å². The van der Waals surface area contributed by atoms with Crippen molar-refractivity contribution in [2.24, 2.45) is 0 Å². The molecule has 5 nitrogen and oxygen atoms in total. The lowest BCUT2D eigenvalue weighted by Gasteiger charge is -2.35. The maximum atomic E-state index is 10.7. The second-order valence-corrected chi connectivity index (χ2v) is 3.33. The summed E-state index contributed by atoms with van der Waals surface area (Å²) in [5, 5.41) is 21.3.